The first-order chi connectivity index (χ1) is 9.65. The van der Waals surface area contributed by atoms with Crippen LogP contribution in [0.4, 0.5) is 11.4 Å². The van der Waals surface area contributed by atoms with E-state index in [0.29, 0.717) is 0 Å². The van der Waals surface area contributed by atoms with E-state index in [4.69, 9.17) is 0 Å². The molecular weight excluding hydrogens is 242 g/mol. The van der Waals surface area contributed by atoms with Gasteiger partial charge in [-0.1, -0.05) is 37.3 Å². The highest BCUT2D eigenvalue weighted by Gasteiger charge is 2.06. The summed E-state index contributed by atoms with van der Waals surface area (Å²) in [5, 5.41) is 0. The maximum Gasteiger partial charge on any atom is 0.0414 e. The number of rotatable bonds is 4. The summed E-state index contributed by atoms with van der Waals surface area (Å²) in [6.45, 7) is 6.39. The van der Waals surface area contributed by atoms with Crippen molar-refractivity contribution in [2.45, 2.75) is 27.2 Å². The van der Waals surface area contributed by atoms with E-state index in [1.165, 1.54) is 28.1 Å². The average Bonchev–Trinajstić information content (AvgIpc) is 2.47. The van der Waals surface area contributed by atoms with Gasteiger partial charge in [0.15, 0.2) is 0 Å². The molecular formula is C19H23N. The number of hydrogen-bond donors (Lipinski definition) is 0. The van der Waals surface area contributed by atoms with Crippen molar-refractivity contribution in [2.24, 2.45) is 0 Å². The zero-order chi connectivity index (χ0) is 14.5. The normalized spacial score (nSPS) is 11.0. The summed E-state index contributed by atoms with van der Waals surface area (Å²) < 4.78 is 0. The summed E-state index contributed by atoms with van der Waals surface area (Å²) in [6, 6.07) is 15.3. The van der Waals surface area contributed by atoms with Gasteiger partial charge in [0.25, 0.3) is 0 Å². The predicted molar refractivity (Wildman–Crippen MR) is 89.8 cm³/mol. The van der Waals surface area contributed by atoms with Crippen molar-refractivity contribution in [1.82, 2.24) is 0 Å². The highest BCUT2D eigenvalue weighted by molar-refractivity contribution is 5.68. The molecule has 0 atom stereocenters. The molecule has 0 amide bonds. The molecule has 2 aromatic rings. The maximum absolute atomic E-state index is 2.27. The molecule has 0 radical (unpaired) electrons. The Balaban J connectivity index is 2.39. The molecule has 0 aliphatic carbocycles. The number of hydrogen-bond acceptors (Lipinski definition) is 1. The molecule has 2 rings (SSSR count). The van der Waals surface area contributed by atoms with Crippen LogP contribution in [0.25, 0.3) is 6.08 Å². The third-order valence-electron chi connectivity index (χ3n) is 3.63. The summed E-state index contributed by atoms with van der Waals surface area (Å²) in [5.41, 5.74) is 6.44. The molecule has 0 saturated heterocycles. The van der Waals surface area contributed by atoms with Crippen LogP contribution in [-0.4, -0.2) is 7.05 Å². The molecule has 0 unspecified atom stereocenters. The number of aryl methyl sites for hydroxylation is 2. The van der Waals surface area contributed by atoms with Gasteiger partial charge in [0, 0.05) is 18.4 Å². The van der Waals surface area contributed by atoms with Crippen LogP contribution in [0, 0.1) is 6.92 Å². The molecule has 0 aliphatic rings. The molecule has 0 bridgehead atoms. The first kappa shape index (κ1) is 14.4. The topological polar surface area (TPSA) is 3.24 Å². The second kappa shape index (κ2) is 6.42. The Bertz CT molecular complexity index is 611. The number of anilines is 2. The Kier molecular flexibility index (Phi) is 4.62. The molecule has 1 nitrogen and oxygen atoms in total. The molecule has 0 spiro atoms. The Morgan fingerprint density at radius 1 is 1.05 bits per heavy atom. The van der Waals surface area contributed by atoms with E-state index in [1.807, 2.05) is 0 Å². The number of nitrogens with zero attached hydrogens (tertiary/aromatic N) is 1. The minimum Gasteiger partial charge on any atom is -0.345 e. The molecule has 2 aromatic carbocycles. The van der Waals surface area contributed by atoms with Crippen molar-refractivity contribution in [3.05, 3.63) is 65.2 Å². The molecule has 104 valence electrons. The summed E-state index contributed by atoms with van der Waals surface area (Å²) in [5.74, 6) is 0. The van der Waals surface area contributed by atoms with Crippen LogP contribution in [0.15, 0.2) is 48.5 Å². The minimum absolute atomic E-state index is 1.06. The maximum atomic E-state index is 2.27. The lowest BCUT2D eigenvalue weighted by atomic mass is 10.0. The Morgan fingerprint density at radius 3 is 2.45 bits per heavy atom. The van der Waals surface area contributed by atoms with Gasteiger partial charge in [-0.05, 0) is 61.2 Å². The highest BCUT2D eigenvalue weighted by Crippen LogP contribution is 2.27. The zero-order valence-corrected chi connectivity index (χ0v) is 12.9. The van der Waals surface area contributed by atoms with Crippen molar-refractivity contribution >= 4 is 17.5 Å². The molecule has 1 heteroatoms. The summed E-state index contributed by atoms with van der Waals surface area (Å²) in [7, 11) is 2.12. The van der Waals surface area contributed by atoms with Crippen LogP contribution in [0.1, 0.15) is 30.5 Å². The van der Waals surface area contributed by atoms with Crippen LogP contribution < -0.4 is 4.90 Å². The molecule has 0 aliphatic heterocycles. The lowest BCUT2D eigenvalue weighted by Gasteiger charge is -2.21. The van der Waals surface area contributed by atoms with E-state index in [2.05, 4.69) is 87.3 Å². The van der Waals surface area contributed by atoms with E-state index in [9.17, 15) is 0 Å². The summed E-state index contributed by atoms with van der Waals surface area (Å²) >= 11 is 0. The van der Waals surface area contributed by atoms with Gasteiger partial charge in [-0.2, -0.15) is 0 Å². The van der Waals surface area contributed by atoms with Gasteiger partial charge in [0.05, 0.1) is 0 Å². The lowest BCUT2D eigenvalue weighted by Crippen LogP contribution is -2.10. The van der Waals surface area contributed by atoms with Crippen LogP contribution >= 0.6 is 0 Å². The van der Waals surface area contributed by atoms with Gasteiger partial charge >= 0.3 is 0 Å². The summed E-state index contributed by atoms with van der Waals surface area (Å²) in [6.07, 6.45) is 5.35. The fraction of sp³-hybridized carbons (Fsp3) is 0.263. The van der Waals surface area contributed by atoms with Crippen LogP contribution in [-0.2, 0) is 6.42 Å². The Morgan fingerprint density at radius 2 is 1.80 bits per heavy atom. The van der Waals surface area contributed by atoms with Crippen molar-refractivity contribution < 1.29 is 0 Å². The largest absolute Gasteiger partial charge is 0.345 e. The van der Waals surface area contributed by atoms with E-state index >= 15 is 0 Å². The van der Waals surface area contributed by atoms with Gasteiger partial charge in [-0.25, -0.2) is 0 Å². The zero-order valence-electron chi connectivity index (χ0n) is 12.9. The third-order valence-corrected chi connectivity index (χ3v) is 3.63. The summed E-state index contributed by atoms with van der Waals surface area (Å²) in [4.78, 5) is 2.24. The minimum atomic E-state index is 1.06. The fourth-order valence-electron chi connectivity index (χ4n) is 2.43. The number of allylic oxidation sites excluding steroid dienone is 1. The molecule has 0 heterocycles. The van der Waals surface area contributed by atoms with Gasteiger partial charge in [-0.15, -0.1) is 0 Å². The Hall–Kier alpha value is -2.02. The first-order valence-electron chi connectivity index (χ1n) is 7.21. The van der Waals surface area contributed by atoms with Gasteiger partial charge in [-0.3, -0.25) is 0 Å². The van der Waals surface area contributed by atoms with Gasteiger partial charge < -0.3 is 4.90 Å². The molecule has 0 fully saturated rings. The predicted octanol–water partition coefficient (Wildman–Crippen LogP) is 5.36. The highest BCUT2D eigenvalue weighted by atomic mass is 15.1. The molecule has 0 aromatic heterocycles. The smallest absolute Gasteiger partial charge is 0.0414 e. The third kappa shape index (κ3) is 3.11. The van der Waals surface area contributed by atoms with Crippen LogP contribution in [0.2, 0.25) is 0 Å². The quantitative estimate of drug-likeness (QED) is 0.719. The monoisotopic (exact) mass is 265 g/mol. The standard InChI is InChI=1S/C19H23N/c1-5-8-17-14-19(12-11-16(17)6-2)20(4)18-10-7-9-15(3)13-18/h5,7-14H,6H2,1-4H3/b8-5-. The Labute approximate surface area is 122 Å². The van der Waals surface area contributed by atoms with Crippen molar-refractivity contribution in [3.63, 3.8) is 0 Å². The van der Waals surface area contributed by atoms with E-state index < -0.39 is 0 Å². The van der Waals surface area contributed by atoms with Crippen molar-refractivity contribution in [2.75, 3.05) is 11.9 Å². The fourth-order valence-corrected chi connectivity index (χ4v) is 2.43. The van der Waals surface area contributed by atoms with E-state index in [1.54, 1.807) is 0 Å². The van der Waals surface area contributed by atoms with Gasteiger partial charge in [0.2, 0.25) is 0 Å². The van der Waals surface area contributed by atoms with Gasteiger partial charge in [0.1, 0.15) is 0 Å². The SMILES string of the molecule is C/C=C\c1cc(N(C)c2cccc(C)c2)ccc1CC. The van der Waals surface area contributed by atoms with Crippen LogP contribution in [0.3, 0.4) is 0 Å². The van der Waals surface area contributed by atoms with E-state index in [-0.39, 0.29) is 0 Å². The second-order valence-corrected chi connectivity index (χ2v) is 5.13. The molecule has 20 heavy (non-hydrogen) atoms. The van der Waals surface area contributed by atoms with Crippen molar-refractivity contribution in [1.29, 1.82) is 0 Å². The van der Waals surface area contributed by atoms with Crippen molar-refractivity contribution in [3.8, 4) is 0 Å². The lowest BCUT2D eigenvalue weighted by molar-refractivity contribution is 1.12. The molecule has 0 saturated carbocycles. The first-order valence-corrected chi connectivity index (χ1v) is 7.21. The van der Waals surface area contributed by atoms with E-state index in [0.717, 1.165) is 6.42 Å². The molecule has 0 N–H and O–H groups in total. The second-order valence-electron chi connectivity index (χ2n) is 5.13. The average molecular weight is 265 g/mol. The van der Waals surface area contributed by atoms with Crippen LogP contribution in [0.5, 0.6) is 0 Å². The number of benzene rings is 2.